The van der Waals surface area contributed by atoms with Crippen LogP contribution in [0.1, 0.15) is 0 Å². The highest BCUT2D eigenvalue weighted by atomic mass is 16.5. The van der Waals surface area contributed by atoms with Crippen LogP contribution in [0.3, 0.4) is 0 Å². The number of methoxy groups -OCH3 is 8. The van der Waals surface area contributed by atoms with Crippen LogP contribution in [0, 0.1) is 0 Å². The molecule has 2 N–H and O–H groups in total. The number of rotatable bonds is 20. The molecule has 20 nitrogen and oxygen atoms in total. The average Bonchev–Trinajstić information content (AvgIpc) is 1.59. The summed E-state index contributed by atoms with van der Waals surface area (Å²) in [6.45, 7) is 0. The molecule has 0 atom stereocenters. The summed E-state index contributed by atoms with van der Waals surface area (Å²) in [6.07, 6.45) is 0. The summed E-state index contributed by atoms with van der Waals surface area (Å²) in [5.41, 5.74) is 15.2. The van der Waals surface area contributed by atoms with Crippen molar-refractivity contribution in [2.75, 3.05) is 76.5 Å². The van der Waals surface area contributed by atoms with Gasteiger partial charge in [-0.25, -0.2) is 29.9 Å². The van der Waals surface area contributed by atoms with Crippen molar-refractivity contribution in [3.63, 3.8) is 0 Å². The minimum Gasteiger partial charge on any atom is -0.497 e. The molecule has 17 rings (SSSR count). The summed E-state index contributed by atoms with van der Waals surface area (Å²) in [5, 5.41) is 3.02. The van der Waals surface area contributed by atoms with Crippen molar-refractivity contribution in [1.82, 2.24) is 39.9 Å². The molecule has 0 aliphatic carbocycles. The molecule has 0 amide bonds. The Hall–Kier alpha value is -14.4. The van der Waals surface area contributed by atoms with Crippen LogP contribution < -0.4 is 57.5 Å². The third-order valence-corrected chi connectivity index (χ3v) is 19.4. The van der Waals surface area contributed by atoms with Gasteiger partial charge in [-0.2, -0.15) is 0 Å². The van der Waals surface area contributed by atoms with E-state index in [4.69, 9.17) is 67.8 Å². The molecule has 20 heteroatoms. The van der Waals surface area contributed by atoms with Gasteiger partial charge < -0.3 is 67.5 Å². The lowest BCUT2D eigenvalue weighted by atomic mass is 10.1. The van der Waals surface area contributed by atoms with Crippen molar-refractivity contribution in [3.05, 3.63) is 267 Å². The largest absolute Gasteiger partial charge is 0.497 e. The number of anilines is 12. The maximum atomic E-state index is 5.67. The van der Waals surface area contributed by atoms with Gasteiger partial charge in [0, 0.05) is 112 Å². The van der Waals surface area contributed by atoms with Gasteiger partial charge in [0.25, 0.3) is 0 Å². The number of benzene rings is 12. The number of aromatic amines is 2. The van der Waals surface area contributed by atoms with Crippen LogP contribution in [0.5, 0.6) is 46.0 Å². The maximum Gasteiger partial charge on any atom is 0.164 e. The van der Waals surface area contributed by atoms with Gasteiger partial charge in [-0.05, 0) is 267 Å². The number of aromatic nitrogens is 8. The number of fused-ring (bicyclic) bond motifs is 20. The van der Waals surface area contributed by atoms with E-state index in [1.54, 1.807) is 56.9 Å². The minimum absolute atomic E-state index is 0.399. The van der Waals surface area contributed by atoms with Crippen LogP contribution in [0.15, 0.2) is 267 Å². The van der Waals surface area contributed by atoms with Crippen molar-refractivity contribution in [3.8, 4) is 91.5 Å². The monoisotopic (exact) mass is 1420 g/mol. The summed E-state index contributed by atoms with van der Waals surface area (Å²) < 4.78 is 45.3. The molecule has 2 aliphatic rings. The number of ether oxygens (including phenoxy) is 8. The molecule has 0 fully saturated rings. The van der Waals surface area contributed by atoms with Crippen LogP contribution in [-0.2, 0) is 0 Å². The molecule has 3 aromatic heterocycles. The number of H-pyrrole nitrogens is 2. The van der Waals surface area contributed by atoms with Gasteiger partial charge in [0.05, 0.1) is 56.9 Å². The van der Waals surface area contributed by atoms with Crippen LogP contribution >= 0.6 is 0 Å². The zero-order chi connectivity index (χ0) is 73.5. The van der Waals surface area contributed by atoms with Crippen molar-refractivity contribution in [2.45, 2.75) is 0 Å². The zero-order valence-electron chi connectivity index (χ0n) is 60.1. The van der Waals surface area contributed by atoms with Crippen LogP contribution in [0.25, 0.3) is 89.7 Å². The van der Waals surface area contributed by atoms with E-state index in [0.717, 1.165) is 158 Å². The third kappa shape index (κ3) is 12.5. The number of hydrogen-bond donors (Lipinski definition) is 2. The van der Waals surface area contributed by atoms with Crippen LogP contribution in [0.2, 0.25) is 0 Å². The summed E-state index contributed by atoms with van der Waals surface area (Å²) in [7, 11) is 13.3. The molecule has 2 aliphatic heterocycles. The standard InChI is InChI=1S/C88H70N12O8/c1-101-65-29-9-53(10-30-65)97(54-11-31-66(102-2)32-12-54)61-25-45-73-77(49-61)85-89-81(73)94-86-79-51-63(99(57-17-37-69(105-5)38-18-57)58-19-39-70(106-6)40-20-58)27-47-75(79)83(91-86)96-88-80-52-64(100(59-21-41-71(107-7)42-22-59)60-23-43-72(108-8)44-24-60)28-48-76(80)84(92-88)95-87-78-50-62(26-46-74(78)82(90-87)93-85)98(55-13-33-67(103-3)34-14-55)56-15-35-68(104-4)36-16-56/h9-52H,1-8H3,(H2,89,90,91,92,93,94,95,96). The van der Waals surface area contributed by atoms with Gasteiger partial charge in [0.2, 0.25) is 0 Å². The van der Waals surface area contributed by atoms with Crippen molar-refractivity contribution < 1.29 is 37.9 Å². The quantitative estimate of drug-likeness (QED) is 0.0730. The van der Waals surface area contributed by atoms with E-state index in [1.165, 1.54) is 0 Å². The molecule has 108 heavy (non-hydrogen) atoms. The summed E-state index contributed by atoms with van der Waals surface area (Å²) in [4.78, 5) is 49.8. The van der Waals surface area contributed by atoms with E-state index in [2.05, 4.69) is 102 Å². The van der Waals surface area contributed by atoms with E-state index in [-0.39, 0.29) is 0 Å². The topological polar surface area (TPSA) is 196 Å². The molecule has 0 saturated heterocycles. The molecule has 530 valence electrons. The Bertz CT molecular complexity index is 5480. The highest BCUT2D eigenvalue weighted by molar-refractivity contribution is 6.09. The van der Waals surface area contributed by atoms with E-state index >= 15 is 0 Å². The lowest BCUT2D eigenvalue weighted by molar-refractivity contribution is 0.414. The van der Waals surface area contributed by atoms with Crippen molar-refractivity contribution >= 4 is 112 Å². The molecule has 0 spiro atoms. The van der Waals surface area contributed by atoms with Gasteiger partial charge in [-0.3, -0.25) is 0 Å². The number of hydrogen-bond acceptors (Lipinski definition) is 18. The molecule has 8 bridgehead atoms. The zero-order valence-corrected chi connectivity index (χ0v) is 60.1. The maximum absolute atomic E-state index is 5.67. The van der Waals surface area contributed by atoms with E-state index in [1.807, 2.05) is 194 Å². The lowest BCUT2D eigenvalue weighted by Crippen LogP contribution is -2.10. The van der Waals surface area contributed by atoms with Gasteiger partial charge >= 0.3 is 0 Å². The second-order valence-corrected chi connectivity index (χ2v) is 25.5. The predicted octanol–water partition coefficient (Wildman–Crippen LogP) is 20.8. The van der Waals surface area contributed by atoms with Crippen molar-refractivity contribution in [2.24, 2.45) is 0 Å². The first kappa shape index (κ1) is 66.8. The summed E-state index contributed by atoms with van der Waals surface area (Å²) in [5.74, 6) is 7.40. The molecule has 5 heterocycles. The Labute approximate surface area is 621 Å². The first-order valence-electron chi connectivity index (χ1n) is 34.8. The third-order valence-electron chi connectivity index (χ3n) is 19.4. The Balaban J connectivity index is 0.954. The Morgan fingerprint density at radius 3 is 0.593 bits per heavy atom. The number of nitrogens with one attached hydrogen (secondary N) is 2. The minimum atomic E-state index is 0.399. The van der Waals surface area contributed by atoms with Gasteiger partial charge in [-0.15, -0.1) is 0 Å². The van der Waals surface area contributed by atoms with E-state index in [0.29, 0.717) is 45.9 Å². The van der Waals surface area contributed by atoms with Crippen LogP contribution in [-0.4, -0.2) is 96.8 Å². The predicted molar refractivity (Wildman–Crippen MR) is 427 cm³/mol. The molecule has 15 aromatic rings. The molecule has 0 radical (unpaired) electrons. The summed E-state index contributed by atoms with van der Waals surface area (Å²) >= 11 is 0. The number of nitrogens with zero attached hydrogens (tertiary/aromatic N) is 10. The molecular formula is C88H70N12O8. The average molecular weight is 1420 g/mol. The van der Waals surface area contributed by atoms with Crippen LogP contribution in [0.4, 0.5) is 68.2 Å². The SMILES string of the molecule is COc1ccc(N(c2ccc(OC)cc2)c2ccc3c(c2)-c2nc-3nc3[nH]c(nc4nc(nc5[nH]c(n2)c2ccc(N(c6ccc(OC)cc6)c6ccc(OC)cc6)cc52)-c2ccc(N(c5ccc(OC)cc5)c5ccc(OC)cc5)cc2-4)c2ccc(N(c4ccc(OC)cc4)c4ccc(OC)cc4)cc32)cc1. The van der Waals surface area contributed by atoms with E-state index in [9.17, 15) is 0 Å². The first-order chi connectivity index (χ1) is 53.1. The normalized spacial score (nSPS) is 11.3. The fraction of sp³-hybridized carbons (Fsp3) is 0.0909. The second kappa shape index (κ2) is 28.3. The van der Waals surface area contributed by atoms with Gasteiger partial charge in [-0.1, -0.05) is 0 Å². The second-order valence-electron chi connectivity index (χ2n) is 25.5. The highest BCUT2D eigenvalue weighted by Gasteiger charge is 2.28. The first-order valence-corrected chi connectivity index (χ1v) is 34.8. The van der Waals surface area contributed by atoms with Gasteiger partial charge in [0.1, 0.15) is 68.6 Å². The Morgan fingerprint density at radius 1 is 0.185 bits per heavy atom. The molecule has 12 aromatic carbocycles. The smallest absolute Gasteiger partial charge is 0.164 e. The Morgan fingerprint density at radius 2 is 0.370 bits per heavy atom. The van der Waals surface area contributed by atoms with Gasteiger partial charge in [0.15, 0.2) is 23.3 Å². The molecule has 0 saturated carbocycles. The Kier molecular flexibility index (Phi) is 17.5. The van der Waals surface area contributed by atoms with Crippen molar-refractivity contribution in [1.29, 1.82) is 0 Å². The fourth-order valence-electron chi connectivity index (χ4n) is 13.9. The molecular weight excluding hydrogens is 1350 g/mol. The lowest BCUT2D eigenvalue weighted by Gasteiger charge is -2.26. The summed E-state index contributed by atoms with van der Waals surface area (Å²) in [6, 6.07) is 88.9. The highest BCUT2D eigenvalue weighted by Crippen LogP contribution is 2.48. The fourth-order valence-corrected chi connectivity index (χ4v) is 13.9. The van der Waals surface area contributed by atoms with E-state index < -0.39 is 0 Å². The molecule has 0 unspecified atom stereocenters.